The molecule has 8 nitrogen and oxygen atoms in total. The molecule has 1 heterocycles. The third-order valence-electron chi connectivity index (χ3n) is 3.78. The van der Waals surface area contributed by atoms with Crippen LogP contribution in [0.5, 0.6) is 5.75 Å². The molecule has 1 aliphatic rings. The molecule has 23 heavy (non-hydrogen) atoms. The van der Waals surface area contributed by atoms with Crippen LogP contribution in [0, 0.1) is 5.92 Å². The highest BCUT2D eigenvalue weighted by molar-refractivity contribution is 7.89. The summed E-state index contributed by atoms with van der Waals surface area (Å²) in [5.74, 6) is -0.995. The highest BCUT2D eigenvalue weighted by Crippen LogP contribution is 2.21. The molecule has 1 aliphatic heterocycles. The first-order valence-corrected chi connectivity index (χ1v) is 8.69. The number of hydrogen-bond acceptors (Lipinski definition) is 6. The molecule has 2 rings (SSSR count). The Morgan fingerprint density at radius 2 is 2.13 bits per heavy atom. The van der Waals surface area contributed by atoms with E-state index in [1.165, 1.54) is 32.3 Å². The summed E-state index contributed by atoms with van der Waals surface area (Å²) >= 11 is 0. The maximum absolute atomic E-state index is 12.3. The van der Waals surface area contributed by atoms with Gasteiger partial charge in [0.05, 0.1) is 30.6 Å². The molecule has 1 aromatic rings. The number of amides is 1. The van der Waals surface area contributed by atoms with E-state index >= 15 is 0 Å². The van der Waals surface area contributed by atoms with Crippen LogP contribution in [0.4, 0.5) is 5.69 Å². The van der Waals surface area contributed by atoms with Crippen molar-refractivity contribution >= 4 is 21.6 Å². The average molecular weight is 343 g/mol. The molecule has 1 aromatic carbocycles. The summed E-state index contributed by atoms with van der Waals surface area (Å²) in [6, 6.07) is 3.66. The maximum Gasteiger partial charge on any atom is 0.253 e. The van der Waals surface area contributed by atoms with Crippen LogP contribution in [-0.4, -0.2) is 62.8 Å². The van der Waals surface area contributed by atoms with Crippen molar-refractivity contribution in [2.45, 2.75) is 6.04 Å². The lowest BCUT2D eigenvalue weighted by Gasteiger charge is -2.21. The van der Waals surface area contributed by atoms with Crippen molar-refractivity contribution in [3.05, 3.63) is 23.8 Å². The van der Waals surface area contributed by atoms with Crippen molar-refractivity contribution < 1.29 is 23.1 Å². The Bertz CT molecular complexity index is 690. The summed E-state index contributed by atoms with van der Waals surface area (Å²) in [5, 5.41) is 12.2. The second-order valence-corrected chi connectivity index (χ2v) is 7.94. The summed E-state index contributed by atoms with van der Waals surface area (Å²) in [4.78, 5) is 12.3. The third kappa shape index (κ3) is 4.12. The lowest BCUT2D eigenvalue weighted by Crippen LogP contribution is -2.43. The number of ether oxygens (including phenoxy) is 1. The molecule has 1 saturated heterocycles. The van der Waals surface area contributed by atoms with E-state index in [-0.39, 0.29) is 41.9 Å². The molecule has 0 unspecified atom stereocenters. The predicted octanol–water partition coefficient (Wildman–Crippen LogP) is -0.389. The molecule has 1 amide bonds. The van der Waals surface area contributed by atoms with Crippen LogP contribution in [0.25, 0.3) is 0 Å². The summed E-state index contributed by atoms with van der Waals surface area (Å²) < 4.78 is 30.4. The number of rotatable bonds is 5. The summed E-state index contributed by atoms with van der Waals surface area (Å²) in [6.07, 6.45) is 0. The first-order valence-electron chi connectivity index (χ1n) is 7.08. The van der Waals surface area contributed by atoms with Gasteiger partial charge in [0.25, 0.3) is 5.91 Å². The van der Waals surface area contributed by atoms with Gasteiger partial charge in [-0.2, -0.15) is 0 Å². The first kappa shape index (κ1) is 17.5. The number of hydrogen-bond donors (Lipinski definition) is 3. The van der Waals surface area contributed by atoms with E-state index in [9.17, 15) is 18.3 Å². The Kier molecular flexibility index (Phi) is 5.12. The van der Waals surface area contributed by atoms with Crippen molar-refractivity contribution in [3.63, 3.8) is 0 Å². The SMILES string of the molecule is CN(C)S(=O)(=O)C[C@@H]1COC[C@H]1NC(=O)c1cc(O)ccc1N. The highest BCUT2D eigenvalue weighted by atomic mass is 32.2. The minimum atomic E-state index is -3.39. The first-order chi connectivity index (χ1) is 10.7. The predicted molar refractivity (Wildman–Crippen MR) is 85.6 cm³/mol. The quantitative estimate of drug-likeness (QED) is 0.494. The molecule has 2 atom stereocenters. The zero-order valence-electron chi connectivity index (χ0n) is 13.0. The van der Waals surface area contributed by atoms with E-state index < -0.39 is 22.0 Å². The maximum atomic E-state index is 12.3. The van der Waals surface area contributed by atoms with E-state index in [2.05, 4.69) is 5.32 Å². The van der Waals surface area contributed by atoms with Gasteiger partial charge in [0.15, 0.2) is 0 Å². The molecule has 128 valence electrons. The third-order valence-corrected chi connectivity index (χ3v) is 5.74. The number of carbonyl (C=O) groups is 1. The van der Waals surface area contributed by atoms with Gasteiger partial charge < -0.3 is 20.9 Å². The molecule has 1 fully saturated rings. The van der Waals surface area contributed by atoms with Crippen molar-refractivity contribution in [1.29, 1.82) is 0 Å². The van der Waals surface area contributed by atoms with Crippen LogP contribution in [0.2, 0.25) is 0 Å². The van der Waals surface area contributed by atoms with Crippen LogP contribution in [-0.2, 0) is 14.8 Å². The van der Waals surface area contributed by atoms with Crippen molar-refractivity contribution in [2.24, 2.45) is 5.92 Å². The van der Waals surface area contributed by atoms with Crippen LogP contribution < -0.4 is 11.1 Å². The standard InChI is InChI=1S/C14H21N3O5S/c1-17(2)23(20,21)8-9-6-22-7-13(9)16-14(19)11-5-10(18)3-4-12(11)15/h3-5,9,13,18H,6-8,15H2,1-2H3,(H,16,19)/t9-,13+/m0/s1. The zero-order chi connectivity index (χ0) is 17.2. The topological polar surface area (TPSA) is 122 Å². The Hall–Kier alpha value is -1.84. The van der Waals surface area contributed by atoms with Gasteiger partial charge in [-0.05, 0) is 18.2 Å². The van der Waals surface area contributed by atoms with E-state index in [1.807, 2.05) is 0 Å². The Labute approximate surface area is 135 Å². The van der Waals surface area contributed by atoms with Gasteiger partial charge in [-0.1, -0.05) is 0 Å². The molecule has 0 aliphatic carbocycles. The van der Waals surface area contributed by atoms with Crippen molar-refractivity contribution in [2.75, 3.05) is 38.8 Å². The lowest BCUT2D eigenvalue weighted by molar-refractivity contribution is 0.0926. The monoisotopic (exact) mass is 343 g/mol. The fourth-order valence-electron chi connectivity index (χ4n) is 2.33. The molecule has 9 heteroatoms. The molecule has 0 bridgehead atoms. The molecule has 0 saturated carbocycles. The van der Waals surface area contributed by atoms with Gasteiger partial charge in [-0.25, -0.2) is 12.7 Å². The fourth-order valence-corrected chi connectivity index (χ4v) is 3.50. The molecular weight excluding hydrogens is 322 g/mol. The zero-order valence-corrected chi connectivity index (χ0v) is 13.8. The number of anilines is 1. The second kappa shape index (κ2) is 6.73. The smallest absolute Gasteiger partial charge is 0.253 e. The molecule has 4 N–H and O–H groups in total. The summed E-state index contributed by atoms with van der Waals surface area (Å²) in [7, 11) is -0.464. The van der Waals surface area contributed by atoms with Gasteiger partial charge in [-0.15, -0.1) is 0 Å². The Balaban J connectivity index is 2.09. The number of benzene rings is 1. The average Bonchev–Trinajstić information content (AvgIpc) is 2.87. The van der Waals surface area contributed by atoms with Gasteiger partial charge in [-0.3, -0.25) is 4.79 Å². The van der Waals surface area contributed by atoms with Crippen molar-refractivity contribution in [1.82, 2.24) is 9.62 Å². The number of aromatic hydroxyl groups is 1. The molecular formula is C14H21N3O5S. The number of nitrogens with one attached hydrogen (secondary N) is 1. The van der Waals surface area contributed by atoms with Gasteiger partial charge >= 0.3 is 0 Å². The number of nitrogens with two attached hydrogens (primary N) is 1. The van der Waals surface area contributed by atoms with Crippen molar-refractivity contribution in [3.8, 4) is 5.75 Å². The normalized spacial score (nSPS) is 21.5. The number of nitrogen functional groups attached to an aromatic ring is 1. The van der Waals surface area contributed by atoms with Gasteiger partial charge in [0.1, 0.15) is 5.75 Å². The largest absolute Gasteiger partial charge is 0.508 e. The minimum absolute atomic E-state index is 0.0706. The Morgan fingerprint density at radius 1 is 1.43 bits per heavy atom. The number of nitrogens with zero attached hydrogens (tertiary/aromatic N) is 1. The van der Waals surface area contributed by atoms with Crippen LogP contribution in [0.15, 0.2) is 18.2 Å². The van der Waals surface area contributed by atoms with E-state index in [1.54, 1.807) is 0 Å². The molecule has 0 aromatic heterocycles. The van der Waals surface area contributed by atoms with E-state index in [4.69, 9.17) is 10.5 Å². The Morgan fingerprint density at radius 3 is 2.78 bits per heavy atom. The van der Waals surface area contributed by atoms with Crippen LogP contribution in [0.1, 0.15) is 10.4 Å². The second-order valence-electron chi connectivity index (χ2n) is 5.71. The van der Waals surface area contributed by atoms with Gasteiger partial charge in [0.2, 0.25) is 10.0 Å². The number of carbonyl (C=O) groups excluding carboxylic acids is 1. The van der Waals surface area contributed by atoms with Crippen LogP contribution >= 0.6 is 0 Å². The highest BCUT2D eigenvalue weighted by Gasteiger charge is 2.34. The molecule has 0 spiro atoms. The lowest BCUT2D eigenvalue weighted by atomic mass is 10.1. The van der Waals surface area contributed by atoms with E-state index in [0.29, 0.717) is 0 Å². The number of phenols is 1. The number of sulfonamides is 1. The number of phenolic OH excluding ortho intramolecular Hbond substituents is 1. The van der Waals surface area contributed by atoms with E-state index in [0.717, 1.165) is 4.31 Å². The van der Waals surface area contributed by atoms with Gasteiger partial charge in [0, 0.05) is 25.7 Å². The summed E-state index contributed by atoms with van der Waals surface area (Å²) in [6.45, 7) is 0.492. The molecule has 0 radical (unpaired) electrons. The fraction of sp³-hybridized carbons (Fsp3) is 0.500. The minimum Gasteiger partial charge on any atom is -0.508 e. The van der Waals surface area contributed by atoms with Crippen LogP contribution in [0.3, 0.4) is 0 Å². The summed E-state index contributed by atoms with van der Waals surface area (Å²) in [5.41, 5.74) is 6.11.